The van der Waals surface area contributed by atoms with Crippen molar-refractivity contribution in [3.8, 4) is 11.5 Å². The number of hydrogen-bond acceptors (Lipinski definition) is 5. The van der Waals surface area contributed by atoms with Gasteiger partial charge in [0.15, 0.2) is 23.1 Å². The Labute approximate surface area is 143 Å². The molecule has 2 aromatic rings. The molecule has 134 valence electrons. The molecule has 1 aliphatic rings. The van der Waals surface area contributed by atoms with Gasteiger partial charge >= 0.3 is 0 Å². The maximum atomic E-state index is 13.2. The molecule has 2 N–H and O–H groups in total. The Balaban J connectivity index is 1.60. The summed E-state index contributed by atoms with van der Waals surface area (Å²) in [5, 5.41) is 10.2. The van der Waals surface area contributed by atoms with Gasteiger partial charge in [0.05, 0.1) is 11.0 Å². The lowest BCUT2D eigenvalue weighted by atomic mass is 10.1. The molecule has 0 bridgehead atoms. The summed E-state index contributed by atoms with van der Waals surface area (Å²) in [7, 11) is -4.00. The smallest absolute Gasteiger partial charge is 0.240 e. The van der Waals surface area contributed by atoms with Crippen molar-refractivity contribution < 1.29 is 31.8 Å². The van der Waals surface area contributed by atoms with E-state index in [0.717, 1.165) is 12.1 Å². The van der Waals surface area contributed by atoms with Crippen LogP contribution in [0.5, 0.6) is 11.5 Å². The second-order valence-electron chi connectivity index (χ2n) is 5.39. The Morgan fingerprint density at radius 1 is 1.08 bits per heavy atom. The summed E-state index contributed by atoms with van der Waals surface area (Å²) < 4.78 is 62.8. The molecule has 25 heavy (non-hydrogen) atoms. The van der Waals surface area contributed by atoms with Crippen LogP contribution >= 0.6 is 0 Å². The van der Waals surface area contributed by atoms with Gasteiger partial charge in [0.25, 0.3) is 0 Å². The van der Waals surface area contributed by atoms with Gasteiger partial charge in [0.1, 0.15) is 0 Å². The van der Waals surface area contributed by atoms with Gasteiger partial charge in [0, 0.05) is 6.54 Å². The average Bonchev–Trinajstić information content (AvgIpc) is 3.04. The van der Waals surface area contributed by atoms with Gasteiger partial charge in [-0.2, -0.15) is 0 Å². The fraction of sp³-hybridized carbons (Fsp3) is 0.250. The summed E-state index contributed by atoms with van der Waals surface area (Å²) in [4.78, 5) is -0.385. The first-order valence-electron chi connectivity index (χ1n) is 7.39. The van der Waals surface area contributed by atoms with Gasteiger partial charge in [-0.3, -0.25) is 0 Å². The Morgan fingerprint density at radius 3 is 2.60 bits per heavy atom. The highest BCUT2D eigenvalue weighted by atomic mass is 32.2. The van der Waals surface area contributed by atoms with E-state index in [1.807, 2.05) is 0 Å². The minimum atomic E-state index is -4.00. The normalized spacial score (nSPS) is 14.5. The van der Waals surface area contributed by atoms with Crippen LogP contribution in [-0.2, 0) is 10.0 Å². The number of aliphatic hydroxyl groups is 1. The van der Waals surface area contributed by atoms with Crippen LogP contribution in [0, 0.1) is 11.6 Å². The molecule has 0 amide bonds. The number of rotatable bonds is 6. The fourth-order valence-electron chi connectivity index (χ4n) is 2.34. The van der Waals surface area contributed by atoms with Gasteiger partial charge in [0.2, 0.25) is 16.8 Å². The first-order chi connectivity index (χ1) is 11.9. The standard InChI is InChI=1S/C16H15F2NO5S/c17-12-3-2-11(8-13(12)18)25(21,22)19-6-5-14(20)10-1-4-15-16(7-10)24-9-23-15/h1-4,7-8,14,19-20H,5-6,9H2. The maximum Gasteiger partial charge on any atom is 0.240 e. The van der Waals surface area contributed by atoms with Crippen molar-refractivity contribution in [2.45, 2.75) is 17.4 Å². The second kappa shape index (κ2) is 6.95. The highest BCUT2D eigenvalue weighted by Gasteiger charge is 2.19. The highest BCUT2D eigenvalue weighted by molar-refractivity contribution is 7.89. The lowest BCUT2D eigenvalue weighted by Crippen LogP contribution is -2.26. The molecule has 1 unspecified atom stereocenters. The van der Waals surface area contributed by atoms with Crippen molar-refractivity contribution in [3.05, 3.63) is 53.6 Å². The molecule has 0 fully saturated rings. The predicted octanol–water partition coefficient (Wildman–Crippen LogP) is 2.10. The van der Waals surface area contributed by atoms with Crippen molar-refractivity contribution in [1.29, 1.82) is 0 Å². The van der Waals surface area contributed by atoms with E-state index in [1.54, 1.807) is 18.2 Å². The summed E-state index contributed by atoms with van der Waals surface area (Å²) in [5.74, 6) is -1.28. The predicted molar refractivity (Wildman–Crippen MR) is 83.7 cm³/mol. The van der Waals surface area contributed by atoms with Crippen LogP contribution in [0.1, 0.15) is 18.1 Å². The van der Waals surface area contributed by atoms with E-state index in [-0.39, 0.29) is 24.7 Å². The third-order valence-corrected chi connectivity index (χ3v) is 5.15. The fourth-order valence-corrected chi connectivity index (χ4v) is 3.40. The third kappa shape index (κ3) is 3.89. The van der Waals surface area contributed by atoms with E-state index in [9.17, 15) is 22.3 Å². The monoisotopic (exact) mass is 371 g/mol. The molecular weight excluding hydrogens is 356 g/mol. The summed E-state index contributed by atoms with van der Waals surface area (Å²) in [6.45, 7) is 0.0276. The Morgan fingerprint density at radius 2 is 1.84 bits per heavy atom. The van der Waals surface area contributed by atoms with E-state index in [0.29, 0.717) is 23.1 Å². The lowest BCUT2D eigenvalue weighted by molar-refractivity contribution is 0.166. The second-order valence-corrected chi connectivity index (χ2v) is 7.16. The zero-order chi connectivity index (χ0) is 18.0. The summed E-state index contributed by atoms with van der Waals surface area (Å²) in [6.07, 6.45) is -0.843. The molecule has 6 nitrogen and oxygen atoms in total. The lowest BCUT2D eigenvalue weighted by Gasteiger charge is -2.12. The van der Waals surface area contributed by atoms with Crippen LogP contribution in [0.2, 0.25) is 0 Å². The number of halogens is 2. The molecule has 0 aromatic heterocycles. The number of aliphatic hydroxyl groups excluding tert-OH is 1. The molecule has 1 heterocycles. The van der Waals surface area contributed by atoms with Crippen LogP contribution in [0.4, 0.5) is 8.78 Å². The number of fused-ring (bicyclic) bond motifs is 1. The molecular formula is C16H15F2NO5S. The Bertz CT molecular complexity index is 888. The molecule has 1 aliphatic heterocycles. The number of sulfonamides is 1. The average molecular weight is 371 g/mol. The van der Waals surface area contributed by atoms with E-state index in [1.165, 1.54) is 0 Å². The van der Waals surface area contributed by atoms with Gasteiger partial charge < -0.3 is 14.6 Å². The van der Waals surface area contributed by atoms with Crippen molar-refractivity contribution in [3.63, 3.8) is 0 Å². The first kappa shape index (κ1) is 17.6. The van der Waals surface area contributed by atoms with E-state index < -0.39 is 27.8 Å². The minimum absolute atomic E-state index is 0.0859. The maximum absolute atomic E-state index is 13.2. The van der Waals surface area contributed by atoms with Crippen LogP contribution in [0.15, 0.2) is 41.3 Å². The molecule has 0 radical (unpaired) electrons. The highest BCUT2D eigenvalue weighted by Crippen LogP contribution is 2.34. The van der Waals surface area contributed by atoms with Crippen molar-refractivity contribution >= 4 is 10.0 Å². The van der Waals surface area contributed by atoms with Gasteiger partial charge in [-0.1, -0.05) is 6.07 Å². The zero-order valence-corrected chi connectivity index (χ0v) is 13.7. The quantitative estimate of drug-likeness (QED) is 0.812. The Kier molecular flexibility index (Phi) is 4.89. The molecule has 9 heteroatoms. The number of benzene rings is 2. The number of nitrogens with one attached hydrogen (secondary N) is 1. The van der Waals surface area contributed by atoms with Gasteiger partial charge in [-0.25, -0.2) is 21.9 Å². The number of ether oxygens (including phenoxy) is 2. The van der Waals surface area contributed by atoms with Crippen LogP contribution in [0.25, 0.3) is 0 Å². The molecule has 0 aliphatic carbocycles. The minimum Gasteiger partial charge on any atom is -0.454 e. The van der Waals surface area contributed by atoms with E-state index in [4.69, 9.17) is 9.47 Å². The molecule has 1 atom stereocenters. The number of hydrogen-bond donors (Lipinski definition) is 2. The van der Waals surface area contributed by atoms with E-state index in [2.05, 4.69) is 4.72 Å². The molecule has 3 rings (SSSR count). The van der Waals surface area contributed by atoms with Crippen molar-refractivity contribution in [2.24, 2.45) is 0 Å². The van der Waals surface area contributed by atoms with Crippen molar-refractivity contribution in [1.82, 2.24) is 4.72 Å². The largest absolute Gasteiger partial charge is 0.454 e. The van der Waals surface area contributed by atoms with Gasteiger partial charge in [-0.05, 0) is 42.3 Å². The topological polar surface area (TPSA) is 84.9 Å². The Hall–Kier alpha value is -2.23. The van der Waals surface area contributed by atoms with Crippen LogP contribution in [-0.4, -0.2) is 26.9 Å². The van der Waals surface area contributed by atoms with Gasteiger partial charge in [-0.15, -0.1) is 0 Å². The summed E-state index contributed by atoms with van der Waals surface area (Å²) >= 11 is 0. The molecule has 2 aromatic carbocycles. The molecule has 0 saturated carbocycles. The van der Waals surface area contributed by atoms with Crippen LogP contribution in [0.3, 0.4) is 0 Å². The molecule has 0 spiro atoms. The summed E-state index contributed by atoms with van der Waals surface area (Å²) in [5.41, 5.74) is 0.552. The third-order valence-electron chi connectivity index (χ3n) is 3.69. The SMILES string of the molecule is O=S(=O)(NCCC(O)c1ccc2c(c1)OCO2)c1ccc(F)c(F)c1. The first-order valence-corrected chi connectivity index (χ1v) is 8.87. The summed E-state index contributed by atoms with van der Waals surface area (Å²) in [6, 6.07) is 7.25. The van der Waals surface area contributed by atoms with E-state index >= 15 is 0 Å². The molecule has 0 saturated heterocycles. The zero-order valence-electron chi connectivity index (χ0n) is 12.9. The van der Waals surface area contributed by atoms with Crippen molar-refractivity contribution in [2.75, 3.05) is 13.3 Å². The van der Waals surface area contributed by atoms with Crippen LogP contribution < -0.4 is 14.2 Å².